The van der Waals surface area contributed by atoms with Crippen LogP contribution in [0.5, 0.6) is 0 Å². The molecule has 0 fully saturated rings. The molecule has 2 rings (SSSR count). The molecular weight excluding hydrogens is 240 g/mol. The Labute approximate surface area is 113 Å². The van der Waals surface area contributed by atoms with Gasteiger partial charge in [0.25, 0.3) is 0 Å². The third-order valence-electron chi connectivity index (χ3n) is 3.13. The highest BCUT2D eigenvalue weighted by Gasteiger charge is 2.09. The molecule has 0 saturated heterocycles. The van der Waals surface area contributed by atoms with E-state index in [1.807, 2.05) is 12.1 Å². The molecule has 0 aliphatic heterocycles. The Hall–Kier alpha value is -1.75. The maximum absolute atomic E-state index is 5.53. The Kier molecular flexibility index (Phi) is 5.03. The first kappa shape index (κ1) is 13.7. The quantitative estimate of drug-likeness (QED) is 0.823. The summed E-state index contributed by atoms with van der Waals surface area (Å²) in [4.78, 5) is 8.39. The highest BCUT2D eigenvalue weighted by molar-refractivity contribution is 5.14. The zero-order valence-electron chi connectivity index (χ0n) is 11.2. The fourth-order valence-electron chi connectivity index (χ4n) is 1.95. The van der Waals surface area contributed by atoms with Crippen molar-refractivity contribution < 1.29 is 4.52 Å². The van der Waals surface area contributed by atoms with Crippen molar-refractivity contribution in [2.75, 3.05) is 6.54 Å². The van der Waals surface area contributed by atoms with Crippen LogP contribution in [0.3, 0.4) is 0 Å². The van der Waals surface area contributed by atoms with Crippen LogP contribution in [-0.4, -0.2) is 21.7 Å². The van der Waals surface area contributed by atoms with Crippen molar-refractivity contribution in [3.05, 3.63) is 41.8 Å². The first-order chi connectivity index (χ1) is 9.28. The Morgan fingerprint density at radius 2 is 2.05 bits per heavy atom. The SMILES string of the molecule is CC(CCN)CCc1nc(Cc2ccncc2)no1. The fourth-order valence-corrected chi connectivity index (χ4v) is 1.95. The molecule has 2 aromatic rings. The summed E-state index contributed by atoms with van der Waals surface area (Å²) in [5.41, 5.74) is 6.67. The van der Waals surface area contributed by atoms with Crippen molar-refractivity contribution in [3.8, 4) is 0 Å². The molecule has 2 aromatic heterocycles. The van der Waals surface area contributed by atoms with E-state index >= 15 is 0 Å². The van der Waals surface area contributed by atoms with Gasteiger partial charge in [-0.3, -0.25) is 4.98 Å². The Balaban J connectivity index is 1.85. The molecule has 2 N–H and O–H groups in total. The average molecular weight is 260 g/mol. The minimum atomic E-state index is 0.598. The normalized spacial score (nSPS) is 12.5. The van der Waals surface area contributed by atoms with Crippen molar-refractivity contribution in [2.24, 2.45) is 11.7 Å². The van der Waals surface area contributed by atoms with Crippen molar-refractivity contribution in [1.29, 1.82) is 0 Å². The molecular formula is C14H20N4O. The third kappa shape index (κ3) is 4.44. The second-order valence-electron chi connectivity index (χ2n) is 4.86. The van der Waals surface area contributed by atoms with E-state index in [1.54, 1.807) is 12.4 Å². The van der Waals surface area contributed by atoms with Crippen molar-refractivity contribution in [2.45, 2.75) is 32.6 Å². The van der Waals surface area contributed by atoms with Gasteiger partial charge in [-0.1, -0.05) is 12.1 Å². The monoisotopic (exact) mass is 260 g/mol. The second kappa shape index (κ2) is 6.99. The highest BCUT2D eigenvalue weighted by atomic mass is 16.5. The summed E-state index contributed by atoms with van der Waals surface area (Å²) >= 11 is 0. The minimum absolute atomic E-state index is 0.598. The van der Waals surface area contributed by atoms with Gasteiger partial charge in [0.05, 0.1) is 0 Å². The number of aryl methyl sites for hydroxylation is 1. The molecule has 19 heavy (non-hydrogen) atoms. The molecule has 0 amide bonds. The van der Waals surface area contributed by atoms with Gasteiger partial charge in [-0.25, -0.2) is 0 Å². The molecule has 0 aromatic carbocycles. The number of rotatable bonds is 7. The number of hydrogen-bond donors (Lipinski definition) is 1. The van der Waals surface area contributed by atoms with Gasteiger partial charge >= 0.3 is 0 Å². The molecule has 102 valence electrons. The topological polar surface area (TPSA) is 77.8 Å². The lowest BCUT2D eigenvalue weighted by molar-refractivity contribution is 0.358. The summed E-state index contributed by atoms with van der Waals surface area (Å²) in [6.07, 6.45) is 7.12. The van der Waals surface area contributed by atoms with E-state index < -0.39 is 0 Å². The predicted octanol–water partition coefficient (Wildman–Crippen LogP) is 1.97. The van der Waals surface area contributed by atoms with Crippen LogP contribution < -0.4 is 5.73 Å². The maximum Gasteiger partial charge on any atom is 0.226 e. The lowest BCUT2D eigenvalue weighted by Gasteiger charge is -2.06. The smallest absolute Gasteiger partial charge is 0.226 e. The summed E-state index contributed by atoms with van der Waals surface area (Å²) in [7, 11) is 0. The molecule has 5 heteroatoms. The van der Waals surface area contributed by atoms with Crippen LogP contribution in [0.15, 0.2) is 29.0 Å². The zero-order valence-corrected chi connectivity index (χ0v) is 11.2. The number of aromatic nitrogens is 3. The largest absolute Gasteiger partial charge is 0.339 e. The van der Waals surface area contributed by atoms with Gasteiger partial charge in [0.1, 0.15) is 0 Å². The Morgan fingerprint density at radius 3 is 2.79 bits per heavy atom. The molecule has 0 saturated carbocycles. The number of hydrogen-bond acceptors (Lipinski definition) is 5. The molecule has 0 spiro atoms. The van der Waals surface area contributed by atoms with E-state index in [0.717, 1.165) is 37.2 Å². The van der Waals surface area contributed by atoms with E-state index in [1.165, 1.54) is 0 Å². The first-order valence-electron chi connectivity index (χ1n) is 6.68. The van der Waals surface area contributed by atoms with Gasteiger partial charge in [-0.2, -0.15) is 4.98 Å². The van der Waals surface area contributed by atoms with Crippen LogP contribution in [0.1, 0.15) is 37.0 Å². The van der Waals surface area contributed by atoms with Crippen molar-refractivity contribution in [1.82, 2.24) is 15.1 Å². The molecule has 0 aliphatic carbocycles. The van der Waals surface area contributed by atoms with Gasteiger partial charge < -0.3 is 10.3 Å². The zero-order chi connectivity index (χ0) is 13.5. The first-order valence-corrected chi connectivity index (χ1v) is 6.68. The van der Waals surface area contributed by atoms with Crippen LogP contribution in [0, 0.1) is 5.92 Å². The van der Waals surface area contributed by atoms with Gasteiger partial charge in [-0.15, -0.1) is 0 Å². The van der Waals surface area contributed by atoms with Crippen LogP contribution in [0.4, 0.5) is 0 Å². The molecule has 2 heterocycles. The van der Waals surface area contributed by atoms with Gasteiger partial charge in [0.15, 0.2) is 5.82 Å². The van der Waals surface area contributed by atoms with Gasteiger partial charge in [-0.05, 0) is 43.0 Å². The standard InChI is InChI=1S/C14H20N4O/c1-11(4-7-15)2-3-14-17-13(18-19-14)10-12-5-8-16-9-6-12/h5-6,8-9,11H,2-4,7,10,15H2,1H3. The summed E-state index contributed by atoms with van der Waals surface area (Å²) in [6, 6.07) is 3.92. The molecule has 1 atom stereocenters. The fraction of sp³-hybridized carbons (Fsp3) is 0.500. The molecule has 0 bridgehead atoms. The molecule has 0 aliphatic rings. The number of nitrogens with two attached hydrogens (primary N) is 1. The summed E-state index contributed by atoms with van der Waals surface area (Å²) in [6.45, 7) is 2.93. The molecule has 1 unspecified atom stereocenters. The lowest BCUT2D eigenvalue weighted by atomic mass is 10.0. The van der Waals surface area contributed by atoms with Crippen LogP contribution in [-0.2, 0) is 12.8 Å². The Bertz CT molecular complexity index is 483. The summed E-state index contributed by atoms with van der Waals surface area (Å²) in [5, 5.41) is 4.00. The van der Waals surface area contributed by atoms with Crippen LogP contribution in [0.2, 0.25) is 0 Å². The van der Waals surface area contributed by atoms with E-state index in [-0.39, 0.29) is 0 Å². The summed E-state index contributed by atoms with van der Waals surface area (Å²) in [5.74, 6) is 2.04. The lowest BCUT2D eigenvalue weighted by Crippen LogP contribution is -2.06. The second-order valence-corrected chi connectivity index (χ2v) is 4.86. The number of nitrogens with zero attached hydrogens (tertiary/aromatic N) is 3. The number of pyridine rings is 1. The maximum atomic E-state index is 5.53. The third-order valence-corrected chi connectivity index (χ3v) is 3.13. The highest BCUT2D eigenvalue weighted by Crippen LogP contribution is 2.12. The Morgan fingerprint density at radius 1 is 1.26 bits per heavy atom. The minimum Gasteiger partial charge on any atom is -0.339 e. The predicted molar refractivity (Wildman–Crippen MR) is 72.5 cm³/mol. The average Bonchev–Trinajstić information content (AvgIpc) is 2.86. The summed E-state index contributed by atoms with van der Waals surface area (Å²) < 4.78 is 5.26. The molecule has 0 radical (unpaired) electrons. The van der Waals surface area contributed by atoms with E-state index in [0.29, 0.717) is 18.2 Å². The van der Waals surface area contributed by atoms with E-state index in [2.05, 4.69) is 22.0 Å². The molecule has 5 nitrogen and oxygen atoms in total. The van der Waals surface area contributed by atoms with E-state index in [4.69, 9.17) is 10.3 Å². The van der Waals surface area contributed by atoms with Gasteiger partial charge in [0.2, 0.25) is 5.89 Å². The van der Waals surface area contributed by atoms with Crippen molar-refractivity contribution in [3.63, 3.8) is 0 Å². The van der Waals surface area contributed by atoms with Gasteiger partial charge in [0, 0.05) is 25.2 Å². The van der Waals surface area contributed by atoms with Crippen LogP contribution in [0.25, 0.3) is 0 Å². The van der Waals surface area contributed by atoms with E-state index in [9.17, 15) is 0 Å². The van der Waals surface area contributed by atoms with Crippen LogP contribution >= 0.6 is 0 Å². The van der Waals surface area contributed by atoms with Crippen molar-refractivity contribution >= 4 is 0 Å².